The molecule has 0 radical (unpaired) electrons. The van der Waals surface area contributed by atoms with Crippen LogP contribution >= 0.6 is 15.9 Å². The van der Waals surface area contributed by atoms with Crippen LogP contribution in [0.3, 0.4) is 0 Å². The summed E-state index contributed by atoms with van der Waals surface area (Å²) in [5.41, 5.74) is 3.32. The van der Waals surface area contributed by atoms with Crippen LogP contribution in [0.4, 0.5) is 0 Å². The van der Waals surface area contributed by atoms with Gasteiger partial charge in [-0.15, -0.1) is 0 Å². The molecule has 0 saturated heterocycles. The van der Waals surface area contributed by atoms with Crippen LogP contribution in [0.5, 0.6) is 0 Å². The lowest BCUT2D eigenvalue weighted by Crippen LogP contribution is -2.40. The number of rotatable bonds is 6. The Labute approximate surface area is 194 Å². The highest BCUT2D eigenvalue weighted by Crippen LogP contribution is 2.26. The van der Waals surface area contributed by atoms with Gasteiger partial charge in [-0.1, -0.05) is 6.07 Å². The first-order chi connectivity index (χ1) is 14.9. The zero-order chi connectivity index (χ0) is 23.8. The predicted octanol–water partition coefficient (Wildman–Crippen LogP) is 3.10. The lowest BCUT2D eigenvalue weighted by molar-refractivity contribution is -0.146. The van der Waals surface area contributed by atoms with E-state index < -0.39 is 22.0 Å². The molecule has 0 fully saturated rings. The normalized spacial score (nSPS) is 12.7. The average Bonchev–Trinajstić information content (AvgIpc) is 2.70. The van der Waals surface area contributed by atoms with Gasteiger partial charge in [0, 0.05) is 16.7 Å². The number of fused-ring (bicyclic) bond motifs is 1. The number of nitrogens with one attached hydrogen (secondary N) is 1. The molecular weight excluding hydrogens is 498 g/mol. The molecule has 0 aliphatic carbocycles. The molecule has 1 N–H and O–H groups in total. The van der Waals surface area contributed by atoms with Crippen molar-refractivity contribution >= 4 is 37.6 Å². The summed E-state index contributed by atoms with van der Waals surface area (Å²) in [5.74, 6) is -0.772. The molecule has 10 heteroatoms. The highest BCUT2D eigenvalue weighted by molar-refractivity contribution is 9.10. The molecular formula is C22H24BrN3O5S. The van der Waals surface area contributed by atoms with E-state index in [0.29, 0.717) is 16.8 Å². The third kappa shape index (κ3) is 4.92. The maximum atomic E-state index is 13.0. The first kappa shape index (κ1) is 24.1. The second-order valence-corrected chi connectivity index (χ2v) is 10.3. The van der Waals surface area contributed by atoms with E-state index in [2.05, 4.69) is 25.6 Å². The van der Waals surface area contributed by atoms with Gasteiger partial charge in [-0.05, 0) is 84.9 Å². The summed E-state index contributed by atoms with van der Waals surface area (Å²) in [6.45, 7) is 8.32. The predicted molar refractivity (Wildman–Crippen MR) is 124 cm³/mol. The van der Waals surface area contributed by atoms with Gasteiger partial charge in [0.25, 0.3) is 5.56 Å². The number of nitrogens with zero attached hydrogens (tertiary/aromatic N) is 2. The number of hydrogen-bond acceptors (Lipinski definition) is 6. The number of carbonyl (C=O) groups is 1. The first-order valence-corrected chi connectivity index (χ1v) is 12.1. The summed E-state index contributed by atoms with van der Waals surface area (Å²) in [4.78, 5) is 29.2. The summed E-state index contributed by atoms with van der Waals surface area (Å²) in [6.07, 6.45) is 1.59. The third-order valence-corrected chi connectivity index (χ3v) is 7.57. The number of benzene rings is 1. The summed E-state index contributed by atoms with van der Waals surface area (Å²) in [5, 5.41) is 0. The van der Waals surface area contributed by atoms with Crippen LogP contribution in [0.1, 0.15) is 34.9 Å². The van der Waals surface area contributed by atoms with Crippen LogP contribution in [-0.4, -0.2) is 29.8 Å². The molecule has 3 rings (SSSR count). The standard InChI is InChI=1S/C22H24BrN3O5S/c1-12-8-13(2)15(4)21(14(12)3)32(29,30)25-16(5)22(28)31-11-18-9-20(27)26-10-17(23)6-7-19(26)24-18/h6-10,16,25H,11H2,1-5H3/t16-/m1/s1. The number of carbonyl (C=O) groups excluding carboxylic acids is 1. The van der Waals surface area contributed by atoms with Crippen LogP contribution in [0.15, 0.2) is 44.6 Å². The number of halogens is 1. The van der Waals surface area contributed by atoms with Gasteiger partial charge in [-0.3, -0.25) is 14.0 Å². The molecule has 2 aromatic heterocycles. The molecule has 1 atom stereocenters. The Morgan fingerprint density at radius 1 is 1.16 bits per heavy atom. The lowest BCUT2D eigenvalue weighted by Gasteiger charge is -2.18. The van der Waals surface area contributed by atoms with Crippen LogP contribution in [-0.2, 0) is 26.2 Å². The van der Waals surface area contributed by atoms with Gasteiger partial charge in [0.05, 0.1) is 10.6 Å². The monoisotopic (exact) mass is 521 g/mol. The Balaban J connectivity index is 1.75. The van der Waals surface area contributed by atoms with Crippen molar-refractivity contribution in [2.75, 3.05) is 0 Å². The third-order valence-electron chi connectivity index (χ3n) is 5.29. The van der Waals surface area contributed by atoms with Gasteiger partial charge in [-0.25, -0.2) is 13.4 Å². The Morgan fingerprint density at radius 2 is 1.78 bits per heavy atom. The van der Waals surface area contributed by atoms with Gasteiger partial charge in [-0.2, -0.15) is 4.72 Å². The molecule has 0 saturated carbocycles. The van der Waals surface area contributed by atoms with E-state index in [-0.39, 0.29) is 22.8 Å². The van der Waals surface area contributed by atoms with E-state index in [1.165, 1.54) is 17.4 Å². The Hall–Kier alpha value is -2.56. The highest BCUT2D eigenvalue weighted by Gasteiger charge is 2.27. The minimum Gasteiger partial charge on any atom is -0.458 e. The highest BCUT2D eigenvalue weighted by atomic mass is 79.9. The summed E-state index contributed by atoms with van der Waals surface area (Å²) < 4.78 is 35.7. The van der Waals surface area contributed by atoms with Crippen LogP contribution in [0, 0.1) is 27.7 Å². The molecule has 0 bridgehead atoms. The van der Waals surface area contributed by atoms with Crippen molar-refractivity contribution < 1.29 is 17.9 Å². The van der Waals surface area contributed by atoms with E-state index >= 15 is 0 Å². The topological polar surface area (TPSA) is 107 Å². The van der Waals surface area contributed by atoms with Crippen molar-refractivity contribution in [3.63, 3.8) is 0 Å². The van der Waals surface area contributed by atoms with Crippen molar-refractivity contribution in [2.24, 2.45) is 0 Å². The van der Waals surface area contributed by atoms with Crippen molar-refractivity contribution in [1.29, 1.82) is 0 Å². The minimum absolute atomic E-state index is 0.171. The molecule has 2 heterocycles. The molecule has 0 aliphatic heterocycles. The fourth-order valence-electron chi connectivity index (χ4n) is 3.39. The number of esters is 1. The van der Waals surface area contributed by atoms with Gasteiger partial charge in [0.15, 0.2) is 0 Å². The molecule has 0 aliphatic rings. The second kappa shape index (κ2) is 9.13. The van der Waals surface area contributed by atoms with Crippen LogP contribution in [0.2, 0.25) is 0 Å². The first-order valence-electron chi connectivity index (χ1n) is 9.85. The summed E-state index contributed by atoms with van der Waals surface area (Å²) in [7, 11) is -3.96. The van der Waals surface area contributed by atoms with Gasteiger partial charge >= 0.3 is 5.97 Å². The minimum atomic E-state index is -3.96. The Kier molecular flexibility index (Phi) is 6.87. The van der Waals surface area contributed by atoms with Gasteiger partial charge < -0.3 is 4.74 Å². The van der Waals surface area contributed by atoms with E-state index in [1.54, 1.807) is 32.2 Å². The lowest BCUT2D eigenvalue weighted by atomic mass is 10.0. The number of hydrogen-bond donors (Lipinski definition) is 1. The number of pyridine rings is 1. The van der Waals surface area contributed by atoms with Crippen molar-refractivity contribution in [1.82, 2.24) is 14.1 Å². The second-order valence-electron chi connectivity index (χ2n) is 7.70. The molecule has 3 aromatic rings. The van der Waals surface area contributed by atoms with E-state index in [0.717, 1.165) is 15.6 Å². The van der Waals surface area contributed by atoms with Crippen LogP contribution in [0.25, 0.3) is 5.65 Å². The van der Waals surface area contributed by atoms with Gasteiger partial charge in [0.2, 0.25) is 10.0 Å². The van der Waals surface area contributed by atoms with E-state index in [1.807, 2.05) is 19.9 Å². The van der Waals surface area contributed by atoms with Crippen molar-refractivity contribution in [3.05, 3.63) is 73.2 Å². The zero-order valence-corrected chi connectivity index (χ0v) is 20.8. The molecule has 32 heavy (non-hydrogen) atoms. The zero-order valence-electron chi connectivity index (χ0n) is 18.4. The number of aromatic nitrogens is 2. The summed E-state index contributed by atoms with van der Waals surface area (Å²) in [6, 6.07) is 5.47. The molecule has 0 amide bonds. The fraction of sp³-hybridized carbons (Fsp3) is 0.318. The average molecular weight is 522 g/mol. The number of ether oxygens (including phenoxy) is 1. The van der Waals surface area contributed by atoms with E-state index in [9.17, 15) is 18.0 Å². The SMILES string of the molecule is Cc1cc(C)c(C)c(S(=O)(=O)N[C@H](C)C(=O)OCc2cc(=O)n3cc(Br)ccc3n2)c1C. The van der Waals surface area contributed by atoms with E-state index in [4.69, 9.17) is 4.74 Å². The summed E-state index contributed by atoms with van der Waals surface area (Å²) >= 11 is 3.30. The Bertz CT molecular complexity index is 1360. The number of aryl methyl sites for hydroxylation is 2. The fourth-order valence-corrected chi connectivity index (χ4v) is 5.54. The number of sulfonamides is 1. The smallest absolute Gasteiger partial charge is 0.324 e. The molecule has 0 spiro atoms. The largest absolute Gasteiger partial charge is 0.458 e. The molecule has 170 valence electrons. The maximum absolute atomic E-state index is 13.0. The Morgan fingerprint density at radius 3 is 2.41 bits per heavy atom. The van der Waals surface area contributed by atoms with Crippen molar-refractivity contribution in [3.8, 4) is 0 Å². The molecule has 0 unspecified atom stereocenters. The maximum Gasteiger partial charge on any atom is 0.324 e. The molecule has 1 aromatic carbocycles. The van der Waals surface area contributed by atoms with Crippen molar-refractivity contribution in [2.45, 2.75) is 52.2 Å². The van der Waals surface area contributed by atoms with Gasteiger partial charge in [0.1, 0.15) is 18.3 Å². The quantitative estimate of drug-likeness (QED) is 0.499. The molecule has 8 nitrogen and oxygen atoms in total. The van der Waals surface area contributed by atoms with Crippen LogP contribution < -0.4 is 10.3 Å².